The van der Waals surface area contributed by atoms with E-state index in [2.05, 4.69) is 53.7 Å². The first kappa shape index (κ1) is 15.4. The number of rotatable bonds is 4. The van der Waals surface area contributed by atoms with E-state index in [0.717, 1.165) is 23.5 Å². The number of aryl methyl sites for hydroxylation is 1. The number of benzene rings is 1. The van der Waals surface area contributed by atoms with E-state index in [-0.39, 0.29) is 0 Å². The van der Waals surface area contributed by atoms with Gasteiger partial charge in [0.15, 0.2) is 5.11 Å². The molecule has 0 amide bonds. The van der Waals surface area contributed by atoms with Gasteiger partial charge in [0.1, 0.15) is 5.82 Å². The summed E-state index contributed by atoms with van der Waals surface area (Å²) in [7, 11) is 0. The predicted molar refractivity (Wildman–Crippen MR) is 94.0 cm³/mol. The molecule has 0 saturated carbocycles. The highest BCUT2D eigenvalue weighted by molar-refractivity contribution is 7.80. The predicted octanol–water partition coefficient (Wildman–Crippen LogP) is 4.71. The third-order valence-electron chi connectivity index (χ3n) is 3.51. The largest absolute Gasteiger partial charge is 0.332 e. The Hall–Kier alpha value is -1.94. The smallest absolute Gasteiger partial charge is 0.176 e. The summed E-state index contributed by atoms with van der Waals surface area (Å²) in [6.07, 6.45) is 2.91. The molecule has 0 bridgehead atoms. The molecule has 0 aliphatic carbocycles. The summed E-state index contributed by atoms with van der Waals surface area (Å²) < 4.78 is 0. The fourth-order valence-corrected chi connectivity index (χ4v) is 2.24. The quantitative estimate of drug-likeness (QED) is 0.802. The van der Waals surface area contributed by atoms with Crippen LogP contribution in [-0.4, -0.2) is 10.1 Å². The Morgan fingerprint density at radius 2 is 1.90 bits per heavy atom. The number of pyridine rings is 1. The average Bonchev–Trinajstić information content (AvgIpc) is 2.47. The van der Waals surface area contributed by atoms with E-state index >= 15 is 0 Å². The summed E-state index contributed by atoms with van der Waals surface area (Å²) in [6, 6.07) is 12.3. The molecule has 2 N–H and O–H groups in total. The van der Waals surface area contributed by atoms with Crippen molar-refractivity contribution in [1.29, 1.82) is 0 Å². The summed E-state index contributed by atoms with van der Waals surface area (Å²) in [5.74, 6) is 1.34. The van der Waals surface area contributed by atoms with E-state index in [1.165, 1.54) is 5.56 Å². The fourth-order valence-electron chi connectivity index (χ4n) is 2.01. The molecule has 3 nitrogen and oxygen atoms in total. The first-order valence-electron chi connectivity index (χ1n) is 7.19. The Balaban J connectivity index is 1.96. The van der Waals surface area contributed by atoms with E-state index in [9.17, 15) is 0 Å². The van der Waals surface area contributed by atoms with Gasteiger partial charge in [0, 0.05) is 11.9 Å². The van der Waals surface area contributed by atoms with Crippen molar-refractivity contribution in [1.82, 2.24) is 4.98 Å². The molecule has 1 heterocycles. The lowest BCUT2D eigenvalue weighted by Gasteiger charge is -2.12. The van der Waals surface area contributed by atoms with Crippen LogP contribution >= 0.6 is 12.2 Å². The zero-order chi connectivity index (χ0) is 15.2. The second kappa shape index (κ2) is 7.18. The van der Waals surface area contributed by atoms with Gasteiger partial charge in [-0.25, -0.2) is 4.98 Å². The Labute approximate surface area is 131 Å². The van der Waals surface area contributed by atoms with Crippen molar-refractivity contribution in [3.05, 3.63) is 53.7 Å². The number of aromatic nitrogens is 1. The highest BCUT2D eigenvalue weighted by atomic mass is 32.1. The third kappa shape index (κ3) is 4.53. The van der Waals surface area contributed by atoms with E-state index in [1.54, 1.807) is 6.20 Å². The molecule has 1 aromatic carbocycles. The van der Waals surface area contributed by atoms with E-state index in [4.69, 9.17) is 12.2 Å². The molecular weight excluding hydrogens is 278 g/mol. The molecule has 21 heavy (non-hydrogen) atoms. The van der Waals surface area contributed by atoms with Crippen molar-refractivity contribution in [3.8, 4) is 0 Å². The second-order valence-corrected chi connectivity index (χ2v) is 5.64. The number of hydrogen-bond acceptors (Lipinski definition) is 2. The first-order chi connectivity index (χ1) is 10.1. The Kier molecular flexibility index (Phi) is 5.28. The number of nitrogens with one attached hydrogen (secondary N) is 2. The van der Waals surface area contributed by atoms with Gasteiger partial charge in [0.2, 0.25) is 0 Å². The van der Waals surface area contributed by atoms with Crippen molar-refractivity contribution >= 4 is 28.8 Å². The molecule has 2 rings (SSSR count). The summed E-state index contributed by atoms with van der Waals surface area (Å²) in [5, 5.41) is 6.81. The number of hydrogen-bond donors (Lipinski definition) is 2. The lowest BCUT2D eigenvalue weighted by Crippen LogP contribution is -2.19. The average molecular weight is 299 g/mol. The van der Waals surface area contributed by atoms with Gasteiger partial charge < -0.3 is 10.6 Å². The number of nitrogens with zero attached hydrogens (tertiary/aromatic N) is 1. The SMILES string of the molecule is CCC(C)c1ccc(NC(=S)Nc2cc(C)ccn2)cc1. The van der Waals surface area contributed by atoms with Crippen LogP contribution in [0.2, 0.25) is 0 Å². The third-order valence-corrected chi connectivity index (χ3v) is 3.71. The number of anilines is 2. The van der Waals surface area contributed by atoms with E-state index in [1.807, 2.05) is 19.1 Å². The second-order valence-electron chi connectivity index (χ2n) is 5.23. The highest BCUT2D eigenvalue weighted by Crippen LogP contribution is 2.20. The molecule has 110 valence electrons. The lowest BCUT2D eigenvalue weighted by molar-refractivity contribution is 0.734. The van der Waals surface area contributed by atoms with Crippen molar-refractivity contribution in [2.45, 2.75) is 33.1 Å². The minimum absolute atomic E-state index is 0.546. The molecule has 0 fully saturated rings. The van der Waals surface area contributed by atoms with Crippen LogP contribution in [0.4, 0.5) is 11.5 Å². The van der Waals surface area contributed by atoms with Gasteiger partial charge in [-0.1, -0.05) is 26.0 Å². The molecule has 1 unspecified atom stereocenters. The topological polar surface area (TPSA) is 37.0 Å². The maximum atomic E-state index is 5.31. The van der Waals surface area contributed by atoms with Crippen LogP contribution in [-0.2, 0) is 0 Å². The highest BCUT2D eigenvalue weighted by Gasteiger charge is 2.04. The fraction of sp³-hybridized carbons (Fsp3) is 0.294. The molecule has 1 aromatic heterocycles. The zero-order valence-electron chi connectivity index (χ0n) is 12.7. The molecule has 0 radical (unpaired) electrons. The van der Waals surface area contributed by atoms with Crippen LogP contribution in [0.1, 0.15) is 37.3 Å². The first-order valence-corrected chi connectivity index (χ1v) is 7.60. The van der Waals surface area contributed by atoms with Crippen molar-refractivity contribution in [2.75, 3.05) is 10.6 Å². The molecule has 0 spiro atoms. The molecule has 0 aliphatic heterocycles. The summed E-state index contributed by atoms with van der Waals surface area (Å²) in [5.41, 5.74) is 3.47. The van der Waals surface area contributed by atoms with Crippen LogP contribution in [0.25, 0.3) is 0 Å². The number of thiocarbonyl (C=S) groups is 1. The van der Waals surface area contributed by atoms with E-state index < -0.39 is 0 Å². The minimum atomic E-state index is 0.546. The Morgan fingerprint density at radius 1 is 1.19 bits per heavy atom. The summed E-state index contributed by atoms with van der Waals surface area (Å²) in [6.45, 7) is 6.46. The molecule has 2 aromatic rings. The molecule has 0 aliphatic rings. The van der Waals surface area contributed by atoms with Crippen LogP contribution in [0.3, 0.4) is 0 Å². The molecule has 1 atom stereocenters. The monoisotopic (exact) mass is 299 g/mol. The van der Waals surface area contributed by atoms with Gasteiger partial charge in [0.05, 0.1) is 0 Å². The van der Waals surface area contributed by atoms with Gasteiger partial charge in [-0.05, 0) is 66.9 Å². The normalized spacial score (nSPS) is 11.8. The minimum Gasteiger partial charge on any atom is -0.332 e. The van der Waals surface area contributed by atoms with Gasteiger partial charge in [0.25, 0.3) is 0 Å². The maximum Gasteiger partial charge on any atom is 0.176 e. The van der Waals surface area contributed by atoms with Gasteiger partial charge in [-0.15, -0.1) is 0 Å². The lowest BCUT2D eigenvalue weighted by atomic mass is 9.99. The Bertz CT molecular complexity index is 608. The Morgan fingerprint density at radius 3 is 2.52 bits per heavy atom. The van der Waals surface area contributed by atoms with Gasteiger partial charge in [-0.3, -0.25) is 0 Å². The van der Waals surface area contributed by atoms with Gasteiger partial charge in [-0.2, -0.15) is 0 Å². The van der Waals surface area contributed by atoms with Crippen LogP contribution in [0, 0.1) is 6.92 Å². The molecule has 4 heteroatoms. The van der Waals surface area contributed by atoms with Crippen molar-refractivity contribution in [3.63, 3.8) is 0 Å². The maximum absolute atomic E-state index is 5.31. The van der Waals surface area contributed by atoms with Crippen LogP contribution in [0.15, 0.2) is 42.6 Å². The van der Waals surface area contributed by atoms with E-state index in [0.29, 0.717) is 11.0 Å². The standard InChI is InChI=1S/C17H21N3S/c1-4-13(3)14-5-7-15(8-6-14)19-17(21)20-16-11-12(2)9-10-18-16/h5-11,13H,4H2,1-3H3,(H2,18,19,20,21). The molecular formula is C17H21N3S. The van der Waals surface area contributed by atoms with Crippen LogP contribution < -0.4 is 10.6 Å². The van der Waals surface area contributed by atoms with Crippen molar-refractivity contribution in [2.24, 2.45) is 0 Å². The van der Waals surface area contributed by atoms with Crippen LogP contribution in [0.5, 0.6) is 0 Å². The zero-order valence-corrected chi connectivity index (χ0v) is 13.5. The summed E-state index contributed by atoms with van der Waals surface area (Å²) >= 11 is 5.31. The van der Waals surface area contributed by atoms with Crippen molar-refractivity contribution < 1.29 is 0 Å². The molecule has 0 saturated heterocycles. The van der Waals surface area contributed by atoms with Gasteiger partial charge >= 0.3 is 0 Å². The summed E-state index contributed by atoms with van der Waals surface area (Å²) in [4.78, 5) is 4.23.